The number of hydrogen-bond acceptors (Lipinski definition) is 5. The summed E-state index contributed by atoms with van der Waals surface area (Å²) in [7, 11) is 0. The minimum absolute atomic E-state index is 0. The molecule has 19 heavy (non-hydrogen) atoms. The maximum absolute atomic E-state index is 12.5. The van der Waals surface area contributed by atoms with Crippen molar-refractivity contribution in [2.75, 3.05) is 0 Å². The van der Waals surface area contributed by atoms with Gasteiger partial charge in [-0.3, -0.25) is 4.79 Å². The molecule has 0 aromatic rings. The fourth-order valence-electron chi connectivity index (χ4n) is 2.14. The van der Waals surface area contributed by atoms with Crippen LogP contribution in [-0.4, -0.2) is 17.0 Å². The van der Waals surface area contributed by atoms with Crippen LogP contribution in [0.4, 0.5) is 0 Å². The van der Waals surface area contributed by atoms with E-state index in [9.17, 15) is 4.79 Å². The average molecular weight is 286 g/mol. The fraction of sp³-hybridized carbons (Fsp3) is 0.769. The minimum Gasteiger partial charge on any atom is -0.413 e. The molecule has 108 valence electrons. The molecule has 6 heteroatoms. The van der Waals surface area contributed by atoms with E-state index in [0.29, 0.717) is 25.7 Å². The molecule has 0 rings (SSSR count). The van der Waals surface area contributed by atoms with Gasteiger partial charge < -0.3 is 9.47 Å². The Labute approximate surface area is 121 Å². The van der Waals surface area contributed by atoms with Crippen LogP contribution in [0.15, 0.2) is 0 Å². The van der Waals surface area contributed by atoms with Crippen LogP contribution in [0.25, 0.3) is 0 Å². The average Bonchev–Trinajstić information content (AvgIpc) is 2.29. The highest BCUT2D eigenvalue weighted by molar-refractivity contribution is 7.59. The van der Waals surface area contributed by atoms with E-state index in [0.717, 1.165) is 0 Å². The third-order valence-corrected chi connectivity index (χ3v) is 2.96. The van der Waals surface area contributed by atoms with Crippen LogP contribution in [0.2, 0.25) is 0 Å². The number of ketones is 1. The highest BCUT2D eigenvalue weighted by Gasteiger charge is 2.48. The largest absolute Gasteiger partial charge is 0.413 e. The molecule has 0 spiro atoms. The van der Waals surface area contributed by atoms with Crippen LogP contribution in [0.3, 0.4) is 0 Å². The molecule has 0 N–H and O–H groups in total. The lowest BCUT2D eigenvalue weighted by Gasteiger charge is -2.33. The van der Waals surface area contributed by atoms with Gasteiger partial charge in [0.25, 0.3) is 12.5 Å². The monoisotopic (exact) mass is 286 g/mol. The lowest BCUT2D eigenvalue weighted by atomic mass is 9.82. The molecule has 0 heterocycles. The van der Waals surface area contributed by atoms with Gasteiger partial charge in [0.1, 0.15) is 0 Å². The van der Waals surface area contributed by atoms with Gasteiger partial charge in [-0.15, -0.1) is 0 Å². The van der Waals surface area contributed by atoms with Gasteiger partial charge >= 0.3 is 0 Å². The molecule has 2 atom stereocenters. The van der Waals surface area contributed by atoms with Gasteiger partial charge in [0.05, 0.1) is 0 Å². The van der Waals surface area contributed by atoms with Gasteiger partial charge in [0, 0.05) is 0 Å². The number of rotatable bonds is 8. The predicted molar refractivity (Wildman–Crippen MR) is 75.4 cm³/mol. The molecule has 2 unspecified atom stereocenters. The minimum atomic E-state index is -1.23. The highest BCUT2D eigenvalue weighted by Crippen LogP contribution is 2.30. The summed E-state index contributed by atoms with van der Waals surface area (Å²) < 4.78 is 9.87. The Hall–Kier alpha value is -1.40. The van der Waals surface area contributed by atoms with Crippen molar-refractivity contribution < 1.29 is 14.3 Å². The smallest absolute Gasteiger partial charge is 0.287 e. The first-order valence-electron chi connectivity index (χ1n) is 6.09. The molecule has 0 aliphatic heterocycles. The second-order valence-corrected chi connectivity index (χ2v) is 4.68. The summed E-state index contributed by atoms with van der Waals surface area (Å²) in [5.41, 5.74) is -2.46. The second-order valence-electron chi connectivity index (χ2n) is 4.68. The third kappa shape index (κ3) is 5.00. The zero-order valence-corrected chi connectivity index (χ0v) is 12.9. The van der Waals surface area contributed by atoms with Crippen LogP contribution in [0.5, 0.6) is 0 Å². The SMILES string of the molecule is CCCC(C)(OC#N)C(=O)C(C)(CCC)OC#N.S. The molecule has 0 saturated carbocycles. The number of hydrogen-bond donors (Lipinski definition) is 0. The molecule has 0 fully saturated rings. The summed E-state index contributed by atoms with van der Waals surface area (Å²) in [4.78, 5) is 12.5. The topological polar surface area (TPSA) is 83.1 Å². The number of nitriles is 2. The van der Waals surface area contributed by atoms with Crippen LogP contribution >= 0.6 is 13.5 Å². The molecule has 0 aliphatic carbocycles. The predicted octanol–water partition coefficient (Wildman–Crippen LogP) is 2.78. The van der Waals surface area contributed by atoms with E-state index in [1.807, 2.05) is 13.8 Å². The van der Waals surface area contributed by atoms with E-state index in [1.54, 1.807) is 26.4 Å². The van der Waals surface area contributed by atoms with E-state index in [1.165, 1.54) is 0 Å². The number of carbonyl (C=O) groups excluding carboxylic acids is 1. The molecule has 0 amide bonds. The van der Waals surface area contributed by atoms with Crippen LogP contribution in [-0.2, 0) is 14.3 Å². The zero-order chi connectivity index (χ0) is 14.2. The Morgan fingerprint density at radius 2 is 1.32 bits per heavy atom. The van der Waals surface area contributed by atoms with Gasteiger partial charge in [-0.2, -0.15) is 24.0 Å². The van der Waals surface area contributed by atoms with Crippen LogP contribution in [0.1, 0.15) is 53.4 Å². The highest BCUT2D eigenvalue weighted by atomic mass is 32.1. The standard InChI is InChI=1S/C13H20N2O3.H2S/c1-5-7-12(3,17-9-14)11(16)13(4,8-6-2)18-10-15;/h5-8H2,1-4H3;1H2. The van der Waals surface area contributed by atoms with Crippen LogP contribution < -0.4 is 0 Å². The first-order chi connectivity index (χ1) is 8.40. The van der Waals surface area contributed by atoms with Gasteiger partial charge in [-0.25, -0.2) is 0 Å². The Balaban J connectivity index is 0. The van der Waals surface area contributed by atoms with Crippen molar-refractivity contribution in [2.45, 2.75) is 64.6 Å². The first kappa shape index (κ1) is 19.9. The van der Waals surface area contributed by atoms with E-state index in [4.69, 9.17) is 20.0 Å². The Morgan fingerprint density at radius 1 is 1.00 bits per heavy atom. The quantitative estimate of drug-likeness (QED) is 0.641. The van der Waals surface area contributed by atoms with E-state index in [2.05, 4.69) is 0 Å². The second kappa shape index (κ2) is 8.66. The van der Waals surface area contributed by atoms with E-state index < -0.39 is 11.2 Å². The lowest BCUT2D eigenvalue weighted by Crippen LogP contribution is -2.51. The maximum atomic E-state index is 12.5. The Morgan fingerprint density at radius 3 is 1.53 bits per heavy atom. The zero-order valence-electron chi connectivity index (χ0n) is 11.9. The number of ether oxygens (including phenoxy) is 2. The summed E-state index contributed by atoms with van der Waals surface area (Å²) in [6.07, 6.45) is 5.35. The lowest BCUT2D eigenvalue weighted by molar-refractivity contribution is -0.154. The molecular weight excluding hydrogens is 264 g/mol. The van der Waals surface area contributed by atoms with E-state index in [-0.39, 0.29) is 19.3 Å². The third-order valence-electron chi connectivity index (χ3n) is 2.96. The maximum Gasteiger partial charge on any atom is 0.287 e. The molecular formula is C13H22N2O3S. The van der Waals surface area contributed by atoms with Crippen molar-refractivity contribution in [1.82, 2.24) is 0 Å². The summed E-state index contributed by atoms with van der Waals surface area (Å²) in [5.74, 6) is -0.359. The van der Waals surface area contributed by atoms with Gasteiger partial charge in [0.2, 0.25) is 5.78 Å². The Kier molecular flexibility index (Phi) is 9.08. The fourth-order valence-corrected chi connectivity index (χ4v) is 2.14. The Bertz CT molecular complexity index is 341. The molecule has 0 saturated heterocycles. The molecule has 0 aromatic heterocycles. The summed E-state index contributed by atoms with van der Waals surface area (Å²) in [6, 6.07) is 0. The first-order valence-corrected chi connectivity index (χ1v) is 6.09. The summed E-state index contributed by atoms with van der Waals surface area (Å²) in [5, 5.41) is 17.3. The van der Waals surface area contributed by atoms with Crippen molar-refractivity contribution in [3.05, 3.63) is 0 Å². The molecule has 0 bridgehead atoms. The van der Waals surface area contributed by atoms with Crippen molar-refractivity contribution in [3.63, 3.8) is 0 Å². The number of Topliss-reactive ketones (excluding diaryl/α,β-unsaturated/α-hetero) is 1. The number of carbonyl (C=O) groups is 1. The van der Waals surface area contributed by atoms with Crippen molar-refractivity contribution in [1.29, 1.82) is 10.5 Å². The van der Waals surface area contributed by atoms with Gasteiger partial charge in [0.15, 0.2) is 11.2 Å². The van der Waals surface area contributed by atoms with Gasteiger partial charge in [-0.1, -0.05) is 26.7 Å². The molecule has 0 aromatic carbocycles. The summed E-state index contributed by atoms with van der Waals surface area (Å²) in [6.45, 7) is 6.93. The normalized spacial score (nSPS) is 15.7. The van der Waals surface area contributed by atoms with Crippen molar-refractivity contribution in [3.8, 4) is 12.5 Å². The van der Waals surface area contributed by atoms with E-state index >= 15 is 0 Å². The molecule has 0 radical (unpaired) electrons. The molecule has 0 aliphatic rings. The number of nitrogens with zero attached hydrogens (tertiary/aromatic N) is 2. The molecule has 5 nitrogen and oxygen atoms in total. The van der Waals surface area contributed by atoms with Crippen molar-refractivity contribution >= 4 is 19.3 Å². The summed E-state index contributed by atoms with van der Waals surface area (Å²) >= 11 is 0. The van der Waals surface area contributed by atoms with Crippen molar-refractivity contribution in [2.24, 2.45) is 0 Å². The van der Waals surface area contributed by atoms with Gasteiger partial charge in [-0.05, 0) is 26.7 Å². The van der Waals surface area contributed by atoms with Crippen LogP contribution in [0, 0.1) is 23.0 Å².